The number of nitrogens with one attached hydrogen (secondary N) is 2. The molecule has 7 heteroatoms. The van der Waals surface area contributed by atoms with Gasteiger partial charge in [0.1, 0.15) is 11.9 Å². The minimum absolute atomic E-state index is 0.0407. The average molecular weight is 346 g/mol. The number of halogens is 2. The van der Waals surface area contributed by atoms with E-state index >= 15 is 0 Å². The maximum absolute atomic E-state index is 13.1. The lowest BCUT2D eigenvalue weighted by atomic mass is 10.3. The number of carbonyl (C=O) groups is 2. The predicted molar refractivity (Wildman–Crippen MR) is 78.9 cm³/mol. The highest BCUT2D eigenvalue weighted by molar-refractivity contribution is 9.10. The van der Waals surface area contributed by atoms with Crippen molar-refractivity contribution in [3.8, 4) is 0 Å². The third-order valence-electron chi connectivity index (χ3n) is 2.50. The molecule has 1 unspecified atom stereocenters. The molecule has 0 fully saturated rings. The molecule has 0 saturated heterocycles. The van der Waals surface area contributed by atoms with Gasteiger partial charge >= 0.3 is 0 Å². The van der Waals surface area contributed by atoms with Crippen molar-refractivity contribution in [2.75, 3.05) is 26.0 Å². The van der Waals surface area contributed by atoms with Gasteiger partial charge in [0.15, 0.2) is 0 Å². The number of benzene rings is 1. The highest BCUT2D eigenvalue weighted by Crippen LogP contribution is 2.18. The average Bonchev–Trinajstić information content (AvgIpc) is 2.34. The van der Waals surface area contributed by atoms with E-state index in [1.165, 1.54) is 17.0 Å². The molecule has 1 aromatic carbocycles. The summed E-state index contributed by atoms with van der Waals surface area (Å²) in [5.41, 5.74) is 0.485. The van der Waals surface area contributed by atoms with Crippen LogP contribution in [-0.2, 0) is 9.59 Å². The Labute approximate surface area is 125 Å². The molecule has 1 atom stereocenters. The van der Waals surface area contributed by atoms with E-state index in [1.54, 1.807) is 27.1 Å². The van der Waals surface area contributed by atoms with Gasteiger partial charge in [-0.3, -0.25) is 9.59 Å². The summed E-state index contributed by atoms with van der Waals surface area (Å²) >= 11 is 3.16. The minimum atomic E-state index is -0.599. The van der Waals surface area contributed by atoms with Crippen molar-refractivity contribution in [1.29, 1.82) is 0 Å². The maximum atomic E-state index is 13.1. The number of nitrogens with zero attached hydrogens (tertiary/aromatic N) is 1. The topological polar surface area (TPSA) is 61.4 Å². The molecule has 1 rings (SSSR count). The Bertz CT molecular complexity index is 488. The van der Waals surface area contributed by atoms with Crippen molar-refractivity contribution in [3.05, 3.63) is 28.5 Å². The molecule has 0 aliphatic heterocycles. The van der Waals surface area contributed by atoms with Gasteiger partial charge in [-0.15, -0.1) is 0 Å². The van der Waals surface area contributed by atoms with Crippen molar-refractivity contribution in [2.24, 2.45) is 0 Å². The Morgan fingerprint density at radius 2 is 2.00 bits per heavy atom. The smallest absolute Gasteiger partial charge is 0.244 e. The molecule has 5 nitrogen and oxygen atoms in total. The molecule has 0 spiro atoms. The molecule has 0 aliphatic carbocycles. The number of hydrogen-bond acceptors (Lipinski definition) is 3. The number of carbonyl (C=O) groups excluding carboxylic acids is 2. The van der Waals surface area contributed by atoms with Crippen LogP contribution in [0.5, 0.6) is 0 Å². The maximum Gasteiger partial charge on any atom is 0.244 e. The van der Waals surface area contributed by atoms with Crippen LogP contribution < -0.4 is 10.6 Å². The van der Waals surface area contributed by atoms with E-state index in [0.29, 0.717) is 10.2 Å². The predicted octanol–water partition coefficient (Wildman–Crippen LogP) is 1.59. The monoisotopic (exact) mass is 345 g/mol. The van der Waals surface area contributed by atoms with Gasteiger partial charge in [0.05, 0.1) is 6.54 Å². The van der Waals surface area contributed by atoms with Crippen molar-refractivity contribution < 1.29 is 14.0 Å². The first-order valence-corrected chi connectivity index (χ1v) is 6.79. The van der Waals surface area contributed by atoms with Gasteiger partial charge in [0.25, 0.3) is 0 Å². The van der Waals surface area contributed by atoms with E-state index in [9.17, 15) is 14.0 Å². The van der Waals surface area contributed by atoms with Crippen molar-refractivity contribution in [1.82, 2.24) is 10.2 Å². The van der Waals surface area contributed by atoms with Crippen LogP contribution >= 0.6 is 15.9 Å². The van der Waals surface area contributed by atoms with Crippen molar-refractivity contribution in [3.63, 3.8) is 0 Å². The molecule has 0 saturated carbocycles. The summed E-state index contributed by atoms with van der Waals surface area (Å²) in [5.74, 6) is -0.932. The Kier molecular flexibility index (Phi) is 5.94. The van der Waals surface area contributed by atoms with Crippen LogP contribution in [0.25, 0.3) is 0 Å². The minimum Gasteiger partial charge on any atom is -0.376 e. The second-order valence-corrected chi connectivity index (χ2v) is 5.45. The number of rotatable bonds is 5. The summed E-state index contributed by atoms with van der Waals surface area (Å²) in [6.45, 7) is 1.57. The Hall–Kier alpha value is -1.63. The normalized spacial score (nSPS) is 11.7. The molecule has 0 heterocycles. The van der Waals surface area contributed by atoms with Gasteiger partial charge in [-0.25, -0.2) is 4.39 Å². The number of hydrogen-bond donors (Lipinski definition) is 2. The molecule has 0 aliphatic rings. The molecule has 2 N–H and O–H groups in total. The van der Waals surface area contributed by atoms with Crippen LogP contribution in [0, 0.1) is 5.82 Å². The van der Waals surface area contributed by atoms with Gasteiger partial charge in [-0.1, -0.05) is 15.9 Å². The first-order chi connectivity index (χ1) is 9.29. The largest absolute Gasteiger partial charge is 0.376 e. The fraction of sp³-hybridized carbons (Fsp3) is 0.385. The summed E-state index contributed by atoms with van der Waals surface area (Å²) in [5, 5.41) is 5.36. The highest BCUT2D eigenvalue weighted by Gasteiger charge is 2.16. The van der Waals surface area contributed by atoms with Crippen LogP contribution in [0.4, 0.5) is 10.1 Å². The van der Waals surface area contributed by atoms with Crippen LogP contribution in [-0.4, -0.2) is 43.4 Å². The zero-order chi connectivity index (χ0) is 15.3. The molecular weight excluding hydrogens is 329 g/mol. The molecule has 20 heavy (non-hydrogen) atoms. The van der Waals surface area contributed by atoms with Crippen LogP contribution in [0.2, 0.25) is 0 Å². The van der Waals surface area contributed by atoms with Crippen LogP contribution in [0.15, 0.2) is 22.7 Å². The lowest BCUT2D eigenvalue weighted by Gasteiger charge is -2.18. The SMILES string of the molecule is CC(NC(=O)CNc1cc(F)cc(Br)c1)C(=O)N(C)C. The highest BCUT2D eigenvalue weighted by atomic mass is 79.9. The number of likely N-dealkylation sites (N-methyl/N-ethyl adjacent to an activating group) is 1. The van der Waals surface area contributed by atoms with E-state index in [4.69, 9.17) is 0 Å². The Morgan fingerprint density at radius 3 is 2.55 bits per heavy atom. The molecule has 0 bridgehead atoms. The third kappa shape index (κ3) is 5.16. The lowest BCUT2D eigenvalue weighted by Crippen LogP contribution is -2.45. The zero-order valence-electron chi connectivity index (χ0n) is 11.5. The summed E-state index contributed by atoms with van der Waals surface area (Å²) in [6.07, 6.45) is 0. The van der Waals surface area contributed by atoms with Gasteiger partial charge in [-0.2, -0.15) is 0 Å². The standard InChI is InChI=1S/C13H17BrFN3O2/c1-8(13(20)18(2)3)17-12(19)7-16-11-5-9(14)4-10(15)6-11/h4-6,8,16H,7H2,1-3H3,(H,17,19). The zero-order valence-corrected chi connectivity index (χ0v) is 13.1. The van der Waals surface area contributed by atoms with Crippen LogP contribution in [0.3, 0.4) is 0 Å². The van der Waals surface area contributed by atoms with E-state index in [-0.39, 0.29) is 18.4 Å². The quantitative estimate of drug-likeness (QED) is 0.851. The summed E-state index contributed by atoms with van der Waals surface area (Å²) < 4.78 is 13.7. The van der Waals surface area contributed by atoms with E-state index in [2.05, 4.69) is 26.6 Å². The van der Waals surface area contributed by atoms with Gasteiger partial charge in [0, 0.05) is 24.3 Å². The fourth-order valence-electron chi connectivity index (χ4n) is 1.58. The molecule has 0 radical (unpaired) electrons. The number of amides is 2. The number of anilines is 1. The van der Waals surface area contributed by atoms with Crippen molar-refractivity contribution in [2.45, 2.75) is 13.0 Å². The van der Waals surface area contributed by atoms with Crippen LogP contribution in [0.1, 0.15) is 6.92 Å². The fourth-order valence-corrected chi connectivity index (χ4v) is 2.05. The summed E-state index contributed by atoms with van der Waals surface area (Å²) in [4.78, 5) is 24.7. The van der Waals surface area contributed by atoms with Gasteiger partial charge < -0.3 is 15.5 Å². The third-order valence-corrected chi connectivity index (χ3v) is 2.96. The second-order valence-electron chi connectivity index (χ2n) is 4.53. The molecule has 1 aromatic rings. The van der Waals surface area contributed by atoms with Crippen molar-refractivity contribution >= 4 is 33.4 Å². The Balaban J connectivity index is 2.49. The first-order valence-electron chi connectivity index (χ1n) is 6.00. The molecule has 2 amide bonds. The molecule has 0 aromatic heterocycles. The van der Waals surface area contributed by atoms with E-state index in [1.807, 2.05) is 0 Å². The van der Waals surface area contributed by atoms with E-state index in [0.717, 1.165) is 0 Å². The van der Waals surface area contributed by atoms with E-state index < -0.39 is 11.9 Å². The second kappa shape index (κ2) is 7.23. The summed E-state index contributed by atoms with van der Waals surface area (Å²) in [7, 11) is 3.24. The Morgan fingerprint density at radius 1 is 1.35 bits per heavy atom. The first kappa shape index (κ1) is 16.4. The lowest BCUT2D eigenvalue weighted by molar-refractivity contribution is -0.133. The molecule has 110 valence electrons. The van der Waals surface area contributed by atoms with Gasteiger partial charge in [0.2, 0.25) is 11.8 Å². The molecular formula is C13H17BrFN3O2. The summed E-state index contributed by atoms with van der Waals surface area (Å²) in [6, 6.07) is 3.67. The van der Waals surface area contributed by atoms with Gasteiger partial charge in [-0.05, 0) is 25.1 Å².